The van der Waals surface area contributed by atoms with Crippen molar-refractivity contribution in [3.05, 3.63) is 24.3 Å². The monoisotopic (exact) mass is 234 g/mol. The predicted octanol–water partition coefficient (Wildman–Crippen LogP) is 1.97. The van der Waals surface area contributed by atoms with Gasteiger partial charge in [0, 0.05) is 0 Å². The molecule has 0 aliphatic carbocycles. The first-order chi connectivity index (χ1) is 8.13. The third-order valence-corrected chi connectivity index (χ3v) is 2.40. The second-order valence-electron chi connectivity index (χ2n) is 3.94. The van der Waals surface area contributed by atoms with Crippen LogP contribution in [0.25, 0.3) is 0 Å². The lowest BCUT2D eigenvalue weighted by Crippen LogP contribution is -2.46. The smallest absolute Gasteiger partial charge is 0.138 e. The van der Waals surface area contributed by atoms with E-state index in [1.807, 2.05) is 38.1 Å². The topological polar surface area (TPSA) is 54.3 Å². The summed E-state index contributed by atoms with van der Waals surface area (Å²) in [4.78, 5) is 0. The molecule has 0 aliphatic rings. The molecule has 0 spiro atoms. The van der Waals surface area contributed by atoms with E-state index in [1.165, 1.54) is 0 Å². The summed E-state index contributed by atoms with van der Waals surface area (Å²) >= 11 is 0. The van der Waals surface area contributed by atoms with E-state index in [4.69, 9.17) is 14.7 Å². The Morgan fingerprint density at radius 2 is 1.88 bits per heavy atom. The Morgan fingerprint density at radius 3 is 2.35 bits per heavy atom. The molecule has 1 aromatic carbocycles. The molecule has 0 aromatic heterocycles. The molecule has 0 amide bonds. The fraction of sp³-hybridized carbons (Fsp3) is 0.462. The van der Waals surface area contributed by atoms with Crippen LogP contribution in [0.5, 0.6) is 11.5 Å². The van der Waals surface area contributed by atoms with Crippen LogP contribution in [0, 0.1) is 11.3 Å². The summed E-state index contributed by atoms with van der Waals surface area (Å²) in [7, 11) is 1.62. The number of hydrogen-bond acceptors (Lipinski definition) is 4. The van der Waals surface area contributed by atoms with Crippen LogP contribution in [0.3, 0.4) is 0 Å². The number of methoxy groups -OCH3 is 1. The van der Waals surface area contributed by atoms with E-state index in [0.29, 0.717) is 6.61 Å². The number of nitrogens with zero attached hydrogens (tertiary/aromatic N) is 1. The Kier molecular flexibility index (Phi) is 4.80. The number of nitriles is 1. The molecule has 1 N–H and O–H groups in total. The lowest BCUT2D eigenvalue weighted by molar-refractivity contribution is 0.236. The second kappa shape index (κ2) is 6.12. The molecule has 92 valence electrons. The van der Waals surface area contributed by atoms with Gasteiger partial charge in [0.25, 0.3) is 0 Å². The van der Waals surface area contributed by atoms with Gasteiger partial charge in [-0.2, -0.15) is 5.26 Å². The molecule has 4 heteroatoms. The first-order valence-corrected chi connectivity index (χ1v) is 5.56. The zero-order chi connectivity index (χ0) is 12.7. The van der Waals surface area contributed by atoms with Crippen LogP contribution in [0.15, 0.2) is 24.3 Å². The molecule has 0 saturated heterocycles. The largest absolute Gasteiger partial charge is 0.497 e. The Hall–Kier alpha value is -1.73. The van der Waals surface area contributed by atoms with Crippen LogP contribution in [0.4, 0.5) is 0 Å². The zero-order valence-electron chi connectivity index (χ0n) is 10.5. The molecule has 1 rings (SSSR count). The molecule has 1 atom stereocenters. The summed E-state index contributed by atoms with van der Waals surface area (Å²) in [5.74, 6) is 1.51. The molecule has 0 aliphatic heterocycles. The molecule has 1 unspecified atom stereocenters. The van der Waals surface area contributed by atoms with Crippen LogP contribution >= 0.6 is 0 Å². The van der Waals surface area contributed by atoms with Crippen molar-refractivity contribution in [2.75, 3.05) is 20.3 Å². The van der Waals surface area contributed by atoms with Crippen molar-refractivity contribution in [1.82, 2.24) is 5.32 Å². The normalized spacial score (nSPS) is 13.5. The second-order valence-corrected chi connectivity index (χ2v) is 3.94. The van der Waals surface area contributed by atoms with Crippen molar-refractivity contribution in [3.63, 3.8) is 0 Å². The van der Waals surface area contributed by atoms with Gasteiger partial charge in [-0.25, -0.2) is 0 Å². The van der Waals surface area contributed by atoms with Crippen molar-refractivity contribution in [2.45, 2.75) is 19.4 Å². The maximum absolute atomic E-state index is 9.06. The van der Waals surface area contributed by atoms with Crippen molar-refractivity contribution < 1.29 is 9.47 Å². The average molecular weight is 234 g/mol. The highest BCUT2D eigenvalue weighted by Crippen LogP contribution is 2.18. The Bertz CT molecular complexity index is 383. The van der Waals surface area contributed by atoms with Gasteiger partial charge >= 0.3 is 0 Å². The van der Waals surface area contributed by atoms with E-state index in [2.05, 4.69) is 11.4 Å². The Morgan fingerprint density at radius 1 is 1.29 bits per heavy atom. The van der Waals surface area contributed by atoms with Gasteiger partial charge in [-0.1, -0.05) is 6.92 Å². The quantitative estimate of drug-likeness (QED) is 0.817. The standard InChI is InChI=1S/C13H18N2O2/c1-4-15-13(2,9-14)10-17-12-7-5-11(16-3)6-8-12/h5-8,15H,4,10H2,1-3H3. The van der Waals surface area contributed by atoms with Crippen LogP contribution in [0.1, 0.15) is 13.8 Å². The number of likely N-dealkylation sites (N-methyl/N-ethyl adjacent to an activating group) is 1. The maximum Gasteiger partial charge on any atom is 0.138 e. The zero-order valence-corrected chi connectivity index (χ0v) is 10.5. The highest BCUT2D eigenvalue weighted by molar-refractivity contribution is 5.31. The van der Waals surface area contributed by atoms with Crippen molar-refractivity contribution in [2.24, 2.45) is 0 Å². The number of ether oxygens (including phenoxy) is 2. The van der Waals surface area contributed by atoms with Gasteiger partial charge in [0.2, 0.25) is 0 Å². The highest BCUT2D eigenvalue weighted by atomic mass is 16.5. The van der Waals surface area contributed by atoms with Gasteiger partial charge < -0.3 is 9.47 Å². The summed E-state index contributed by atoms with van der Waals surface area (Å²) < 4.78 is 10.6. The van der Waals surface area contributed by atoms with Crippen LogP contribution in [-0.2, 0) is 0 Å². The summed E-state index contributed by atoms with van der Waals surface area (Å²) in [5, 5.41) is 12.2. The van der Waals surface area contributed by atoms with Crippen molar-refractivity contribution >= 4 is 0 Å². The van der Waals surface area contributed by atoms with Gasteiger partial charge in [0.05, 0.1) is 13.2 Å². The fourth-order valence-electron chi connectivity index (χ4n) is 1.41. The van der Waals surface area contributed by atoms with Gasteiger partial charge in [-0.3, -0.25) is 5.32 Å². The molecule has 0 radical (unpaired) electrons. The maximum atomic E-state index is 9.06. The van der Waals surface area contributed by atoms with Gasteiger partial charge in [-0.05, 0) is 37.7 Å². The van der Waals surface area contributed by atoms with E-state index >= 15 is 0 Å². The fourth-order valence-corrected chi connectivity index (χ4v) is 1.41. The molecule has 0 fully saturated rings. The molecule has 17 heavy (non-hydrogen) atoms. The molecular formula is C13H18N2O2. The van der Waals surface area contributed by atoms with Crippen molar-refractivity contribution in [1.29, 1.82) is 5.26 Å². The summed E-state index contributed by atoms with van der Waals surface area (Å²) in [6.07, 6.45) is 0. The van der Waals surface area contributed by atoms with Crippen molar-refractivity contribution in [3.8, 4) is 17.6 Å². The third-order valence-electron chi connectivity index (χ3n) is 2.40. The van der Waals surface area contributed by atoms with Crippen LogP contribution in [-0.4, -0.2) is 25.8 Å². The van der Waals surface area contributed by atoms with Gasteiger partial charge in [0.15, 0.2) is 0 Å². The number of hydrogen-bond donors (Lipinski definition) is 1. The minimum absolute atomic E-state index is 0.309. The minimum Gasteiger partial charge on any atom is -0.497 e. The first kappa shape index (κ1) is 13.3. The molecule has 0 bridgehead atoms. The molecule has 4 nitrogen and oxygen atoms in total. The summed E-state index contributed by atoms with van der Waals surface area (Å²) in [5.41, 5.74) is -0.658. The first-order valence-electron chi connectivity index (χ1n) is 5.56. The van der Waals surface area contributed by atoms with E-state index < -0.39 is 5.54 Å². The van der Waals surface area contributed by atoms with Crippen LogP contribution < -0.4 is 14.8 Å². The molecule has 0 heterocycles. The molecule has 0 saturated carbocycles. The lowest BCUT2D eigenvalue weighted by Gasteiger charge is -2.22. The van der Waals surface area contributed by atoms with E-state index in [9.17, 15) is 0 Å². The van der Waals surface area contributed by atoms with E-state index in [0.717, 1.165) is 18.0 Å². The van der Waals surface area contributed by atoms with Gasteiger partial charge in [0.1, 0.15) is 23.6 Å². The van der Waals surface area contributed by atoms with E-state index in [-0.39, 0.29) is 0 Å². The predicted molar refractivity (Wildman–Crippen MR) is 66.2 cm³/mol. The highest BCUT2D eigenvalue weighted by Gasteiger charge is 2.23. The Balaban J connectivity index is 2.57. The third kappa shape index (κ3) is 3.97. The summed E-state index contributed by atoms with van der Waals surface area (Å²) in [6.45, 7) is 4.82. The van der Waals surface area contributed by atoms with Gasteiger partial charge in [-0.15, -0.1) is 0 Å². The molecule has 1 aromatic rings. The Labute approximate surface area is 102 Å². The lowest BCUT2D eigenvalue weighted by atomic mass is 10.1. The number of nitrogens with one attached hydrogen (secondary N) is 1. The minimum atomic E-state index is -0.658. The average Bonchev–Trinajstić information content (AvgIpc) is 2.37. The number of rotatable bonds is 6. The van der Waals surface area contributed by atoms with E-state index in [1.54, 1.807) is 7.11 Å². The molecular weight excluding hydrogens is 216 g/mol. The number of benzene rings is 1. The van der Waals surface area contributed by atoms with Crippen LogP contribution in [0.2, 0.25) is 0 Å². The summed E-state index contributed by atoms with van der Waals surface area (Å²) in [6, 6.07) is 9.51. The SMILES string of the molecule is CCNC(C)(C#N)COc1ccc(OC)cc1.